The predicted molar refractivity (Wildman–Crippen MR) is 95.5 cm³/mol. The Labute approximate surface area is 147 Å². The van der Waals surface area contributed by atoms with E-state index in [0.29, 0.717) is 11.8 Å². The fraction of sp³-hybridized carbons (Fsp3) is 0.421. The number of anilines is 1. The number of nitrogens with zero attached hydrogens (tertiary/aromatic N) is 4. The van der Waals surface area contributed by atoms with Gasteiger partial charge in [0.2, 0.25) is 5.91 Å². The van der Waals surface area contributed by atoms with Crippen LogP contribution in [0.4, 0.5) is 5.82 Å². The summed E-state index contributed by atoms with van der Waals surface area (Å²) in [6.45, 7) is 3.18. The van der Waals surface area contributed by atoms with E-state index in [0.717, 1.165) is 61.8 Å². The molecule has 1 aliphatic carbocycles. The smallest absolute Gasteiger partial charge is 0.225 e. The average molecular weight is 338 g/mol. The summed E-state index contributed by atoms with van der Waals surface area (Å²) < 4.78 is 5.18. The molecule has 0 unspecified atom stereocenters. The molecule has 2 heterocycles. The molecule has 1 aromatic heterocycles. The molecule has 25 heavy (non-hydrogen) atoms. The number of rotatable bonds is 4. The summed E-state index contributed by atoms with van der Waals surface area (Å²) in [5, 5.41) is 8.74. The molecule has 6 heteroatoms. The van der Waals surface area contributed by atoms with Crippen molar-refractivity contribution in [2.24, 2.45) is 5.92 Å². The first kappa shape index (κ1) is 15.9. The number of piperazine rings is 1. The molecule has 2 aromatic rings. The first-order valence-electron chi connectivity index (χ1n) is 8.76. The predicted octanol–water partition coefficient (Wildman–Crippen LogP) is 2.21. The van der Waals surface area contributed by atoms with Crippen molar-refractivity contribution in [2.45, 2.75) is 12.8 Å². The van der Waals surface area contributed by atoms with Gasteiger partial charge in [-0.15, -0.1) is 10.2 Å². The lowest BCUT2D eigenvalue weighted by Crippen LogP contribution is -2.49. The highest BCUT2D eigenvalue weighted by Gasteiger charge is 2.34. The highest BCUT2D eigenvalue weighted by molar-refractivity contribution is 5.81. The van der Waals surface area contributed by atoms with Gasteiger partial charge in [0.05, 0.1) is 12.8 Å². The van der Waals surface area contributed by atoms with Gasteiger partial charge < -0.3 is 14.5 Å². The lowest BCUT2D eigenvalue weighted by atomic mass is 10.1. The molecule has 1 saturated carbocycles. The number of carbonyl (C=O) groups excluding carboxylic acids is 1. The van der Waals surface area contributed by atoms with Gasteiger partial charge in [-0.2, -0.15) is 0 Å². The Morgan fingerprint density at radius 2 is 1.72 bits per heavy atom. The fourth-order valence-corrected chi connectivity index (χ4v) is 3.15. The lowest BCUT2D eigenvalue weighted by molar-refractivity contribution is -0.132. The lowest BCUT2D eigenvalue weighted by Gasteiger charge is -2.35. The first-order chi connectivity index (χ1) is 12.2. The zero-order valence-corrected chi connectivity index (χ0v) is 14.4. The molecule has 4 rings (SSSR count). The van der Waals surface area contributed by atoms with E-state index >= 15 is 0 Å². The topological polar surface area (TPSA) is 58.6 Å². The molecule has 2 fully saturated rings. The number of hydrogen-bond acceptors (Lipinski definition) is 5. The molecular weight excluding hydrogens is 316 g/mol. The van der Waals surface area contributed by atoms with E-state index in [9.17, 15) is 4.79 Å². The third kappa shape index (κ3) is 3.43. The van der Waals surface area contributed by atoms with Gasteiger partial charge in [0.1, 0.15) is 5.75 Å². The van der Waals surface area contributed by atoms with E-state index in [4.69, 9.17) is 4.74 Å². The van der Waals surface area contributed by atoms with Crippen molar-refractivity contribution in [3.8, 4) is 17.0 Å². The van der Waals surface area contributed by atoms with E-state index in [2.05, 4.69) is 15.1 Å². The Kier molecular flexibility index (Phi) is 4.26. The van der Waals surface area contributed by atoms with Crippen LogP contribution in [0.5, 0.6) is 5.75 Å². The summed E-state index contributed by atoms with van der Waals surface area (Å²) in [7, 11) is 1.65. The second-order valence-electron chi connectivity index (χ2n) is 6.59. The average Bonchev–Trinajstić information content (AvgIpc) is 3.53. The van der Waals surface area contributed by atoms with E-state index in [1.807, 2.05) is 41.3 Å². The van der Waals surface area contributed by atoms with Crippen molar-refractivity contribution in [1.82, 2.24) is 15.1 Å². The van der Waals surface area contributed by atoms with Crippen molar-refractivity contribution in [3.05, 3.63) is 36.4 Å². The molecule has 1 aliphatic heterocycles. The van der Waals surface area contributed by atoms with Crippen LogP contribution < -0.4 is 9.64 Å². The van der Waals surface area contributed by atoms with Crippen molar-refractivity contribution in [3.63, 3.8) is 0 Å². The summed E-state index contributed by atoms with van der Waals surface area (Å²) in [5.74, 6) is 2.33. The zero-order chi connectivity index (χ0) is 17.2. The zero-order valence-electron chi connectivity index (χ0n) is 14.4. The SMILES string of the molecule is COc1ccc(-c2ccc(N3CCN(C(=O)C4CC4)CC3)nn2)cc1. The van der Waals surface area contributed by atoms with Crippen LogP contribution in [0.15, 0.2) is 36.4 Å². The van der Waals surface area contributed by atoms with Gasteiger partial charge in [0.15, 0.2) is 5.82 Å². The Morgan fingerprint density at radius 1 is 1.00 bits per heavy atom. The Morgan fingerprint density at radius 3 is 2.28 bits per heavy atom. The molecule has 0 spiro atoms. The highest BCUT2D eigenvalue weighted by Crippen LogP contribution is 2.31. The number of methoxy groups -OCH3 is 1. The Bertz CT molecular complexity index is 733. The van der Waals surface area contributed by atoms with E-state index in [1.165, 1.54) is 0 Å². The van der Waals surface area contributed by atoms with Gasteiger partial charge in [-0.05, 0) is 49.2 Å². The maximum absolute atomic E-state index is 12.1. The summed E-state index contributed by atoms with van der Waals surface area (Å²) in [6.07, 6.45) is 2.13. The van der Waals surface area contributed by atoms with Crippen molar-refractivity contribution in [1.29, 1.82) is 0 Å². The summed E-state index contributed by atoms with van der Waals surface area (Å²) in [4.78, 5) is 16.3. The van der Waals surface area contributed by atoms with Crippen LogP contribution >= 0.6 is 0 Å². The Balaban J connectivity index is 1.39. The van der Waals surface area contributed by atoms with Crippen molar-refractivity contribution in [2.75, 3.05) is 38.2 Å². The monoisotopic (exact) mass is 338 g/mol. The van der Waals surface area contributed by atoms with Gasteiger partial charge in [0.25, 0.3) is 0 Å². The van der Waals surface area contributed by atoms with Crippen LogP contribution in [0.25, 0.3) is 11.3 Å². The fourth-order valence-electron chi connectivity index (χ4n) is 3.15. The van der Waals surface area contributed by atoms with Crippen LogP contribution in [-0.2, 0) is 4.79 Å². The van der Waals surface area contributed by atoms with Gasteiger partial charge >= 0.3 is 0 Å². The molecule has 0 radical (unpaired) electrons. The largest absolute Gasteiger partial charge is 0.497 e. The number of amides is 1. The van der Waals surface area contributed by atoms with Gasteiger partial charge in [0, 0.05) is 37.7 Å². The van der Waals surface area contributed by atoms with Crippen molar-refractivity contribution >= 4 is 11.7 Å². The number of ether oxygens (including phenoxy) is 1. The van der Waals surface area contributed by atoms with Gasteiger partial charge in [-0.1, -0.05) is 0 Å². The molecule has 0 N–H and O–H groups in total. The van der Waals surface area contributed by atoms with E-state index in [1.54, 1.807) is 7.11 Å². The van der Waals surface area contributed by atoms with Crippen LogP contribution in [0.1, 0.15) is 12.8 Å². The highest BCUT2D eigenvalue weighted by atomic mass is 16.5. The van der Waals surface area contributed by atoms with Crippen LogP contribution in [0.3, 0.4) is 0 Å². The minimum absolute atomic E-state index is 0.301. The molecular formula is C19H22N4O2. The number of carbonyl (C=O) groups is 1. The van der Waals surface area contributed by atoms with Crippen LogP contribution in [0.2, 0.25) is 0 Å². The maximum atomic E-state index is 12.1. The second-order valence-corrected chi connectivity index (χ2v) is 6.59. The Hall–Kier alpha value is -2.63. The van der Waals surface area contributed by atoms with E-state index < -0.39 is 0 Å². The van der Waals surface area contributed by atoms with Gasteiger partial charge in [-0.3, -0.25) is 4.79 Å². The standard InChI is InChI=1S/C19H22N4O2/c1-25-16-6-4-14(5-7-16)17-8-9-18(21-20-17)22-10-12-23(13-11-22)19(24)15-2-3-15/h4-9,15H,2-3,10-13H2,1H3. The third-order valence-corrected chi connectivity index (χ3v) is 4.88. The molecule has 0 atom stereocenters. The quantitative estimate of drug-likeness (QED) is 0.855. The molecule has 130 valence electrons. The van der Waals surface area contributed by atoms with Crippen LogP contribution in [-0.4, -0.2) is 54.3 Å². The number of aromatic nitrogens is 2. The number of hydrogen-bond donors (Lipinski definition) is 0. The first-order valence-corrected chi connectivity index (χ1v) is 8.76. The van der Waals surface area contributed by atoms with Gasteiger partial charge in [-0.25, -0.2) is 0 Å². The second kappa shape index (κ2) is 6.70. The molecule has 6 nitrogen and oxygen atoms in total. The normalized spacial score (nSPS) is 17.5. The van der Waals surface area contributed by atoms with E-state index in [-0.39, 0.29) is 0 Å². The molecule has 2 aliphatic rings. The molecule has 1 saturated heterocycles. The summed E-state index contributed by atoms with van der Waals surface area (Å²) >= 11 is 0. The third-order valence-electron chi connectivity index (χ3n) is 4.88. The maximum Gasteiger partial charge on any atom is 0.225 e. The van der Waals surface area contributed by atoms with Crippen LogP contribution in [0, 0.1) is 5.92 Å². The number of benzene rings is 1. The molecule has 1 amide bonds. The minimum atomic E-state index is 0.301. The molecule has 0 bridgehead atoms. The summed E-state index contributed by atoms with van der Waals surface area (Å²) in [6, 6.07) is 11.8. The molecule has 1 aromatic carbocycles. The summed E-state index contributed by atoms with van der Waals surface area (Å²) in [5.41, 5.74) is 1.86. The van der Waals surface area contributed by atoms with Crippen molar-refractivity contribution < 1.29 is 9.53 Å². The minimum Gasteiger partial charge on any atom is -0.497 e.